The van der Waals surface area contributed by atoms with E-state index in [-0.39, 0.29) is 17.3 Å². The molecular formula is C27H33N3O5S2. The minimum absolute atomic E-state index is 0.0321. The molecule has 1 aliphatic rings. The standard InChI is InChI=1S/C27H33N3O5S2/c1-19(2)17-35-22-10-8-21(9-11-22)29-12-14-30(15-13-29)37(33,34)28-25-16-26(36-18-20(3)31)27(32)24-7-5-4-6-23(24)25/h4-11,16,19,28,31-32H,3,12-15,17-18H2,1-2H3. The molecule has 0 amide bonds. The number of aliphatic hydroxyl groups excluding tert-OH is 1. The number of thioether (sulfide) groups is 1. The largest absolute Gasteiger partial charge is 0.512 e. The molecule has 3 aromatic rings. The third-order valence-electron chi connectivity index (χ3n) is 5.98. The number of aromatic hydroxyl groups is 1. The van der Waals surface area contributed by atoms with E-state index < -0.39 is 10.2 Å². The molecule has 4 rings (SSSR count). The number of hydrogen-bond donors (Lipinski definition) is 3. The van der Waals surface area contributed by atoms with Crippen molar-refractivity contribution in [2.24, 2.45) is 5.92 Å². The van der Waals surface area contributed by atoms with Gasteiger partial charge in [-0.1, -0.05) is 44.7 Å². The molecular weight excluding hydrogens is 510 g/mol. The maximum Gasteiger partial charge on any atom is 0.301 e. The van der Waals surface area contributed by atoms with E-state index >= 15 is 0 Å². The van der Waals surface area contributed by atoms with Crippen LogP contribution in [0.2, 0.25) is 0 Å². The minimum atomic E-state index is -3.84. The van der Waals surface area contributed by atoms with Crippen molar-refractivity contribution >= 4 is 44.1 Å². The number of anilines is 2. The maximum atomic E-state index is 13.3. The first-order chi connectivity index (χ1) is 17.6. The summed E-state index contributed by atoms with van der Waals surface area (Å²) in [7, 11) is -3.84. The van der Waals surface area contributed by atoms with Gasteiger partial charge in [0.1, 0.15) is 11.5 Å². The highest BCUT2D eigenvalue weighted by Crippen LogP contribution is 2.40. The zero-order chi connectivity index (χ0) is 26.6. The van der Waals surface area contributed by atoms with E-state index in [1.807, 2.05) is 24.3 Å². The van der Waals surface area contributed by atoms with Crippen molar-refractivity contribution in [1.29, 1.82) is 0 Å². The van der Waals surface area contributed by atoms with Gasteiger partial charge in [0.05, 0.1) is 28.7 Å². The monoisotopic (exact) mass is 543 g/mol. The van der Waals surface area contributed by atoms with Crippen molar-refractivity contribution in [3.63, 3.8) is 0 Å². The number of ether oxygens (including phenoxy) is 1. The molecule has 3 N–H and O–H groups in total. The number of hydrogen-bond acceptors (Lipinski definition) is 7. The quantitative estimate of drug-likeness (QED) is 0.183. The molecule has 0 radical (unpaired) electrons. The zero-order valence-corrected chi connectivity index (χ0v) is 22.7. The zero-order valence-electron chi connectivity index (χ0n) is 21.1. The van der Waals surface area contributed by atoms with Crippen LogP contribution in [-0.4, -0.2) is 61.5 Å². The number of fused-ring (bicyclic) bond motifs is 1. The molecule has 10 heteroatoms. The van der Waals surface area contributed by atoms with Gasteiger partial charge in [-0.05, 0) is 36.2 Å². The lowest BCUT2D eigenvalue weighted by atomic mass is 10.1. The van der Waals surface area contributed by atoms with Crippen LogP contribution in [0.5, 0.6) is 11.5 Å². The van der Waals surface area contributed by atoms with Gasteiger partial charge in [-0.15, -0.1) is 11.8 Å². The molecule has 0 atom stereocenters. The number of nitrogens with zero attached hydrogens (tertiary/aromatic N) is 2. The number of rotatable bonds is 10. The molecule has 8 nitrogen and oxygen atoms in total. The molecule has 3 aromatic carbocycles. The van der Waals surface area contributed by atoms with Gasteiger partial charge < -0.3 is 19.8 Å². The Morgan fingerprint density at radius 3 is 2.35 bits per heavy atom. The second kappa shape index (κ2) is 11.5. The number of phenolic OH excluding ortho intramolecular Hbond substituents is 1. The Morgan fingerprint density at radius 1 is 1.08 bits per heavy atom. The third kappa shape index (κ3) is 6.63. The number of phenols is 1. The lowest BCUT2D eigenvalue weighted by Crippen LogP contribution is -2.50. The lowest BCUT2D eigenvalue weighted by molar-refractivity contribution is 0.271. The van der Waals surface area contributed by atoms with Crippen LogP contribution in [0.4, 0.5) is 11.4 Å². The summed E-state index contributed by atoms with van der Waals surface area (Å²) in [6.45, 7) is 10.1. The summed E-state index contributed by atoms with van der Waals surface area (Å²) in [5, 5.41) is 21.3. The summed E-state index contributed by atoms with van der Waals surface area (Å²) >= 11 is 1.19. The van der Waals surface area contributed by atoms with Crippen molar-refractivity contribution in [3.05, 3.63) is 66.9 Å². The Bertz CT molecular complexity index is 1350. The predicted molar refractivity (Wildman–Crippen MR) is 151 cm³/mol. The number of benzene rings is 3. The molecule has 1 fully saturated rings. The fourth-order valence-electron chi connectivity index (χ4n) is 4.10. The van der Waals surface area contributed by atoms with E-state index in [0.717, 1.165) is 11.4 Å². The molecule has 198 valence electrons. The highest BCUT2D eigenvalue weighted by atomic mass is 32.2. The summed E-state index contributed by atoms with van der Waals surface area (Å²) in [6.07, 6.45) is 0. The fraction of sp³-hybridized carbons (Fsp3) is 0.333. The SMILES string of the molecule is C=C(O)CSc1cc(NS(=O)(=O)N2CCN(c3ccc(OCC(C)C)cc3)CC2)c2ccccc2c1O. The van der Waals surface area contributed by atoms with Crippen LogP contribution in [0.15, 0.2) is 71.8 Å². The molecule has 0 spiro atoms. The number of aliphatic hydroxyl groups is 1. The normalized spacial score (nSPS) is 14.7. The van der Waals surface area contributed by atoms with Gasteiger partial charge in [0.25, 0.3) is 0 Å². The molecule has 1 aliphatic heterocycles. The fourth-order valence-corrected chi connectivity index (χ4v) is 6.09. The summed E-state index contributed by atoms with van der Waals surface area (Å²) in [4.78, 5) is 2.61. The molecule has 0 bridgehead atoms. The first kappa shape index (κ1) is 27.0. The van der Waals surface area contributed by atoms with Crippen molar-refractivity contribution in [2.75, 3.05) is 48.2 Å². The molecule has 1 heterocycles. The summed E-state index contributed by atoms with van der Waals surface area (Å²) < 4.78 is 36.6. The summed E-state index contributed by atoms with van der Waals surface area (Å²) in [5.74, 6) is 1.47. The Balaban J connectivity index is 1.46. The van der Waals surface area contributed by atoms with Crippen LogP contribution in [0.25, 0.3) is 10.8 Å². The van der Waals surface area contributed by atoms with E-state index in [9.17, 15) is 18.6 Å². The lowest BCUT2D eigenvalue weighted by Gasteiger charge is -2.35. The van der Waals surface area contributed by atoms with Crippen molar-refractivity contribution in [2.45, 2.75) is 18.7 Å². The summed E-state index contributed by atoms with van der Waals surface area (Å²) in [5.41, 5.74) is 1.40. The van der Waals surface area contributed by atoms with Gasteiger partial charge in [-0.2, -0.15) is 12.7 Å². The van der Waals surface area contributed by atoms with E-state index in [1.165, 1.54) is 16.1 Å². The molecule has 0 unspecified atom stereocenters. The van der Waals surface area contributed by atoms with Gasteiger partial charge in [-0.3, -0.25) is 4.72 Å². The van der Waals surface area contributed by atoms with Crippen LogP contribution >= 0.6 is 11.8 Å². The Hall–Kier alpha value is -3.08. The van der Waals surface area contributed by atoms with Gasteiger partial charge in [0.15, 0.2) is 0 Å². The highest BCUT2D eigenvalue weighted by Gasteiger charge is 2.28. The van der Waals surface area contributed by atoms with Crippen LogP contribution < -0.4 is 14.4 Å². The Morgan fingerprint density at radius 2 is 1.73 bits per heavy atom. The highest BCUT2D eigenvalue weighted by molar-refractivity contribution is 7.99. The van der Waals surface area contributed by atoms with Crippen molar-refractivity contribution in [3.8, 4) is 11.5 Å². The number of nitrogens with one attached hydrogen (secondary N) is 1. The van der Waals surface area contributed by atoms with Gasteiger partial charge >= 0.3 is 10.2 Å². The van der Waals surface area contributed by atoms with E-state index in [2.05, 4.69) is 30.0 Å². The average molecular weight is 544 g/mol. The second-order valence-corrected chi connectivity index (χ2v) is 12.1. The van der Waals surface area contributed by atoms with Crippen molar-refractivity contribution in [1.82, 2.24) is 4.31 Å². The summed E-state index contributed by atoms with van der Waals surface area (Å²) in [6, 6.07) is 16.6. The molecule has 37 heavy (non-hydrogen) atoms. The molecule has 0 saturated carbocycles. The first-order valence-corrected chi connectivity index (χ1v) is 14.6. The smallest absolute Gasteiger partial charge is 0.301 e. The van der Waals surface area contributed by atoms with Crippen LogP contribution in [-0.2, 0) is 10.2 Å². The third-order valence-corrected chi connectivity index (χ3v) is 8.60. The molecule has 1 saturated heterocycles. The van der Waals surface area contributed by atoms with E-state index in [4.69, 9.17) is 4.74 Å². The Labute approximate surface area is 222 Å². The van der Waals surface area contributed by atoms with Crippen LogP contribution in [0, 0.1) is 5.92 Å². The predicted octanol–water partition coefficient (Wildman–Crippen LogP) is 5.22. The first-order valence-electron chi connectivity index (χ1n) is 12.1. The van der Waals surface area contributed by atoms with E-state index in [1.54, 1.807) is 30.3 Å². The van der Waals surface area contributed by atoms with Crippen molar-refractivity contribution < 1.29 is 23.4 Å². The second-order valence-electron chi connectivity index (χ2n) is 9.36. The van der Waals surface area contributed by atoms with Gasteiger partial charge in [0.2, 0.25) is 0 Å². The topological polar surface area (TPSA) is 102 Å². The maximum absolute atomic E-state index is 13.3. The van der Waals surface area contributed by atoms with Crippen LogP contribution in [0.1, 0.15) is 13.8 Å². The molecule has 0 aromatic heterocycles. The van der Waals surface area contributed by atoms with E-state index in [0.29, 0.717) is 60.1 Å². The average Bonchev–Trinajstić information content (AvgIpc) is 2.88. The molecule has 0 aliphatic carbocycles. The van der Waals surface area contributed by atoms with Gasteiger partial charge in [0, 0.05) is 42.6 Å². The Kier molecular flexibility index (Phi) is 8.41. The minimum Gasteiger partial charge on any atom is -0.512 e. The number of piperazine rings is 1. The van der Waals surface area contributed by atoms with Crippen LogP contribution in [0.3, 0.4) is 0 Å². The van der Waals surface area contributed by atoms with Gasteiger partial charge in [-0.25, -0.2) is 0 Å².